The number of amides is 2. The minimum Gasteiger partial charge on any atom is -0.444 e. The Hall–Kier alpha value is -2.31. The van der Waals surface area contributed by atoms with Crippen molar-refractivity contribution in [3.8, 4) is 0 Å². The summed E-state index contributed by atoms with van der Waals surface area (Å²) in [4.78, 5) is 16.3. The highest BCUT2D eigenvalue weighted by molar-refractivity contribution is 5.74. The van der Waals surface area contributed by atoms with E-state index < -0.39 is 0 Å². The van der Waals surface area contributed by atoms with Crippen LogP contribution in [0.15, 0.2) is 10.6 Å². The number of carbonyl (C=O) groups excluding carboxylic acids is 1. The second kappa shape index (κ2) is 5.82. The molecule has 1 atom stereocenters. The highest BCUT2D eigenvalue weighted by atomic mass is 16.4. The first-order valence-corrected chi connectivity index (χ1v) is 7.52. The molecule has 2 amide bonds. The van der Waals surface area contributed by atoms with E-state index in [1.165, 1.54) is 5.69 Å². The maximum atomic E-state index is 12.1. The van der Waals surface area contributed by atoms with Crippen LogP contribution in [-0.2, 0) is 20.0 Å². The highest BCUT2D eigenvalue weighted by Crippen LogP contribution is 2.28. The second-order valence-corrected chi connectivity index (χ2v) is 5.69. The smallest absolute Gasteiger partial charge is 0.315 e. The molecular formula is C15H21N5O2. The van der Waals surface area contributed by atoms with Crippen molar-refractivity contribution in [3.63, 3.8) is 0 Å². The zero-order chi connectivity index (χ0) is 15.7. The van der Waals surface area contributed by atoms with Gasteiger partial charge in [0.25, 0.3) is 0 Å². The zero-order valence-corrected chi connectivity index (χ0v) is 13.1. The highest BCUT2D eigenvalue weighted by Gasteiger charge is 2.24. The van der Waals surface area contributed by atoms with Gasteiger partial charge < -0.3 is 15.1 Å². The Labute approximate surface area is 129 Å². The van der Waals surface area contributed by atoms with E-state index in [1.54, 1.807) is 0 Å². The number of hydrogen-bond donors (Lipinski definition) is 2. The third kappa shape index (κ3) is 2.84. The SMILES string of the molecule is Cc1nc(CNC(=O)N[C@@H]2CCCc3c2cnn3C)oc1C. The largest absolute Gasteiger partial charge is 0.444 e. The number of carbonyl (C=O) groups is 1. The lowest BCUT2D eigenvalue weighted by Gasteiger charge is -2.23. The fourth-order valence-corrected chi connectivity index (χ4v) is 2.84. The molecule has 7 heteroatoms. The van der Waals surface area contributed by atoms with Crippen molar-refractivity contribution in [1.29, 1.82) is 0 Å². The van der Waals surface area contributed by atoms with E-state index in [2.05, 4.69) is 20.7 Å². The summed E-state index contributed by atoms with van der Waals surface area (Å²) in [6.07, 6.45) is 4.85. The van der Waals surface area contributed by atoms with Crippen molar-refractivity contribution in [2.24, 2.45) is 7.05 Å². The first-order valence-electron chi connectivity index (χ1n) is 7.52. The summed E-state index contributed by atoms with van der Waals surface area (Å²) in [5.74, 6) is 1.31. The van der Waals surface area contributed by atoms with E-state index in [4.69, 9.17) is 4.42 Å². The standard InChI is InChI=1S/C15H21N5O2/c1-9-10(2)22-14(18-9)8-16-15(21)19-12-5-4-6-13-11(12)7-17-20(13)3/h7,12H,4-6,8H2,1-3H3,(H2,16,19,21)/t12-/m1/s1. The van der Waals surface area contributed by atoms with Crippen LogP contribution in [0.25, 0.3) is 0 Å². The number of nitrogens with zero attached hydrogens (tertiary/aromatic N) is 3. The van der Waals surface area contributed by atoms with Gasteiger partial charge in [-0.1, -0.05) is 0 Å². The van der Waals surface area contributed by atoms with E-state index in [0.717, 1.165) is 36.3 Å². The van der Waals surface area contributed by atoms with Crippen molar-refractivity contribution in [2.75, 3.05) is 0 Å². The van der Waals surface area contributed by atoms with Crippen LogP contribution in [0, 0.1) is 13.8 Å². The van der Waals surface area contributed by atoms with Gasteiger partial charge in [-0.25, -0.2) is 9.78 Å². The molecule has 2 N–H and O–H groups in total. The predicted octanol–water partition coefficient (Wildman–Crippen LogP) is 1.90. The van der Waals surface area contributed by atoms with Gasteiger partial charge in [0, 0.05) is 18.3 Å². The molecule has 0 aliphatic heterocycles. The van der Waals surface area contributed by atoms with Crippen molar-refractivity contribution < 1.29 is 9.21 Å². The zero-order valence-electron chi connectivity index (χ0n) is 13.1. The minimum atomic E-state index is -0.213. The van der Waals surface area contributed by atoms with E-state index in [-0.39, 0.29) is 18.6 Å². The lowest BCUT2D eigenvalue weighted by molar-refractivity contribution is 0.233. The van der Waals surface area contributed by atoms with Gasteiger partial charge >= 0.3 is 6.03 Å². The number of aryl methyl sites for hydroxylation is 3. The van der Waals surface area contributed by atoms with Crippen LogP contribution in [0.4, 0.5) is 4.79 Å². The summed E-state index contributed by atoms with van der Waals surface area (Å²) in [6, 6.07) is -0.194. The number of urea groups is 1. The molecule has 2 aromatic heterocycles. The molecule has 1 aliphatic rings. The van der Waals surface area contributed by atoms with Crippen LogP contribution < -0.4 is 10.6 Å². The lowest BCUT2D eigenvalue weighted by Crippen LogP contribution is -2.38. The fraction of sp³-hybridized carbons (Fsp3) is 0.533. The van der Waals surface area contributed by atoms with Gasteiger partial charge in [0.05, 0.1) is 24.5 Å². The molecule has 22 heavy (non-hydrogen) atoms. The van der Waals surface area contributed by atoms with Gasteiger partial charge in [-0.3, -0.25) is 4.68 Å². The molecule has 118 valence electrons. The van der Waals surface area contributed by atoms with E-state index in [9.17, 15) is 4.79 Å². The van der Waals surface area contributed by atoms with Crippen molar-refractivity contribution in [2.45, 2.75) is 45.7 Å². The number of nitrogens with one attached hydrogen (secondary N) is 2. The molecule has 3 rings (SSSR count). The first-order chi connectivity index (χ1) is 10.5. The Morgan fingerprint density at radius 1 is 1.50 bits per heavy atom. The van der Waals surface area contributed by atoms with Gasteiger partial charge in [-0.15, -0.1) is 0 Å². The van der Waals surface area contributed by atoms with Crippen LogP contribution in [0.2, 0.25) is 0 Å². The first kappa shape index (κ1) is 14.6. The maximum absolute atomic E-state index is 12.1. The predicted molar refractivity (Wildman–Crippen MR) is 80.2 cm³/mol. The molecule has 0 bridgehead atoms. The van der Waals surface area contributed by atoms with Crippen LogP contribution in [0.1, 0.15) is 47.5 Å². The Morgan fingerprint density at radius 3 is 3.05 bits per heavy atom. The topological polar surface area (TPSA) is 85.0 Å². The van der Waals surface area contributed by atoms with Crippen LogP contribution in [0.5, 0.6) is 0 Å². The average Bonchev–Trinajstić information content (AvgIpc) is 3.02. The van der Waals surface area contributed by atoms with Gasteiger partial charge in [0.2, 0.25) is 5.89 Å². The number of rotatable bonds is 3. The quantitative estimate of drug-likeness (QED) is 0.907. The molecule has 0 saturated carbocycles. The number of hydrogen-bond acceptors (Lipinski definition) is 4. The molecule has 0 unspecified atom stereocenters. The van der Waals surface area contributed by atoms with Crippen molar-refractivity contribution in [1.82, 2.24) is 25.4 Å². The Bertz CT molecular complexity index is 669. The van der Waals surface area contributed by atoms with E-state index >= 15 is 0 Å². The molecular weight excluding hydrogens is 282 g/mol. The number of aromatic nitrogens is 3. The van der Waals surface area contributed by atoms with E-state index in [0.29, 0.717) is 5.89 Å². The summed E-state index contributed by atoms with van der Waals surface area (Å²) < 4.78 is 7.34. The molecule has 1 aliphatic carbocycles. The normalized spacial score (nSPS) is 17.1. The van der Waals surface area contributed by atoms with Gasteiger partial charge in [-0.2, -0.15) is 5.10 Å². The van der Waals surface area contributed by atoms with Crippen LogP contribution >= 0.6 is 0 Å². The summed E-state index contributed by atoms with van der Waals surface area (Å²) in [5.41, 5.74) is 3.17. The summed E-state index contributed by atoms with van der Waals surface area (Å²) in [7, 11) is 1.94. The molecule has 0 saturated heterocycles. The Balaban J connectivity index is 1.58. The summed E-state index contributed by atoms with van der Waals surface area (Å²) >= 11 is 0. The van der Waals surface area contributed by atoms with Crippen molar-refractivity contribution >= 4 is 6.03 Å². The monoisotopic (exact) mass is 303 g/mol. The minimum absolute atomic E-state index is 0.0190. The molecule has 0 aromatic carbocycles. The fourth-order valence-electron chi connectivity index (χ4n) is 2.84. The summed E-state index contributed by atoms with van der Waals surface area (Å²) in [6.45, 7) is 4.03. The number of fused-ring (bicyclic) bond motifs is 1. The third-order valence-electron chi connectivity index (χ3n) is 4.15. The number of oxazole rings is 1. The lowest BCUT2D eigenvalue weighted by atomic mass is 9.93. The third-order valence-corrected chi connectivity index (χ3v) is 4.15. The maximum Gasteiger partial charge on any atom is 0.315 e. The average molecular weight is 303 g/mol. The van der Waals surface area contributed by atoms with Crippen LogP contribution in [-0.4, -0.2) is 20.8 Å². The molecule has 0 fully saturated rings. The molecule has 0 spiro atoms. The Morgan fingerprint density at radius 2 is 2.32 bits per heavy atom. The molecule has 0 radical (unpaired) electrons. The molecule has 2 heterocycles. The van der Waals surface area contributed by atoms with E-state index in [1.807, 2.05) is 31.8 Å². The van der Waals surface area contributed by atoms with Gasteiger partial charge in [0.15, 0.2) is 0 Å². The molecule has 7 nitrogen and oxygen atoms in total. The van der Waals surface area contributed by atoms with Crippen molar-refractivity contribution in [3.05, 3.63) is 34.8 Å². The second-order valence-electron chi connectivity index (χ2n) is 5.69. The molecule has 2 aromatic rings. The Kier molecular flexibility index (Phi) is 3.87. The van der Waals surface area contributed by atoms with Gasteiger partial charge in [0.1, 0.15) is 5.76 Å². The van der Waals surface area contributed by atoms with Gasteiger partial charge in [-0.05, 0) is 33.1 Å². The summed E-state index contributed by atoms with van der Waals surface area (Å²) in [5, 5.41) is 10.1. The van der Waals surface area contributed by atoms with Crippen LogP contribution in [0.3, 0.4) is 0 Å².